The molecule has 2 nitrogen and oxygen atoms in total. The first-order valence-corrected chi connectivity index (χ1v) is 4.25. The molecule has 0 fully saturated rings. The molecular weight excluding hydrogens is 350 g/mol. The molecule has 0 aromatic rings. The van der Waals surface area contributed by atoms with Crippen molar-refractivity contribution in [2.45, 2.75) is 6.92 Å². The second-order valence-electron chi connectivity index (χ2n) is 1.05. The zero-order valence-electron chi connectivity index (χ0n) is 4.10. The summed E-state index contributed by atoms with van der Waals surface area (Å²) in [4.78, 5) is 0.894. The van der Waals surface area contributed by atoms with E-state index in [1.807, 2.05) is 29.8 Å². The van der Waals surface area contributed by atoms with E-state index in [9.17, 15) is 0 Å². The molecule has 0 aliphatic heterocycles. The molecule has 0 N–H and O–H groups in total. The van der Waals surface area contributed by atoms with E-state index in [4.69, 9.17) is 0 Å². The maximum atomic E-state index is 4.04. The van der Waals surface area contributed by atoms with Gasteiger partial charge in [-0.05, 0) is 29.5 Å². The molecule has 0 unspecified atom stereocenters. The van der Waals surface area contributed by atoms with E-state index in [1.165, 1.54) is 0 Å². The van der Waals surface area contributed by atoms with Crippen LogP contribution in [-0.4, -0.2) is 0 Å². The Hall–Kier alpha value is 1.15. The predicted molar refractivity (Wildman–Crippen MR) is 54.6 cm³/mol. The van der Waals surface area contributed by atoms with Crippen molar-refractivity contribution in [3.63, 3.8) is 0 Å². The molecule has 46 valence electrons. The minimum absolute atomic E-state index is 0.834. The molecule has 0 radical (unpaired) electrons. The smallest absolute Gasteiger partial charge is 0.133 e. The van der Waals surface area contributed by atoms with E-state index in [0.717, 1.165) is 8.61 Å². The van der Waals surface area contributed by atoms with Gasteiger partial charge in [0, 0.05) is 4.91 Å². The van der Waals surface area contributed by atoms with E-state index in [0.29, 0.717) is 0 Å². The summed E-state index contributed by atoms with van der Waals surface area (Å²) in [5.41, 5.74) is 0. The second kappa shape index (κ2) is 4.98. The van der Waals surface area contributed by atoms with Crippen LogP contribution in [0.2, 0.25) is 0 Å². The Morgan fingerprint density at radius 3 is 2.25 bits per heavy atom. The van der Waals surface area contributed by atoms with Crippen LogP contribution >= 0.6 is 58.1 Å². The van der Waals surface area contributed by atoms with Crippen molar-refractivity contribution in [3.05, 3.63) is 8.61 Å². The van der Waals surface area contributed by atoms with E-state index in [1.54, 1.807) is 0 Å². The second-order valence-corrected chi connectivity index (χ2v) is 3.18. The van der Waals surface area contributed by atoms with Gasteiger partial charge in [0.1, 0.15) is 26.6 Å². The quantitative estimate of drug-likeness (QED) is 0.324. The summed E-state index contributed by atoms with van der Waals surface area (Å²) in [6, 6.07) is 0. The molecule has 0 rings (SSSR count). The van der Waals surface area contributed by atoms with Crippen LogP contribution in [0.15, 0.2) is 17.1 Å². The summed E-state index contributed by atoms with van der Waals surface area (Å²) >= 11 is 7.93. The molecule has 0 saturated carbocycles. The topological polar surface area (TPSA) is 24.7 Å². The number of hydrogen-bond acceptors (Lipinski definition) is 3. The molecule has 0 amide bonds. The number of hydrogen-bond donors (Lipinski definition) is 1. The van der Waals surface area contributed by atoms with Crippen LogP contribution in [0.3, 0.4) is 0 Å². The third-order valence-electron chi connectivity index (χ3n) is 0.424. The monoisotopic (exact) mass is 354 g/mol. The summed E-state index contributed by atoms with van der Waals surface area (Å²) in [7, 11) is 0. The summed E-state index contributed by atoms with van der Waals surface area (Å²) in [5, 5.41) is 3.73. The Morgan fingerprint density at radius 2 is 2.12 bits per heavy atom. The molecule has 5 heteroatoms. The molecule has 0 heterocycles. The SMILES string of the molecule is C/C(S)=C(I)/N=N\I. The van der Waals surface area contributed by atoms with Gasteiger partial charge in [0.2, 0.25) is 0 Å². The van der Waals surface area contributed by atoms with E-state index < -0.39 is 0 Å². The fourth-order valence-electron chi connectivity index (χ4n) is 0.106. The molecule has 0 aromatic heterocycles. The van der Waals surface area contributed by atoms with Gasteiger partial charge in [-0.15, -0.1) is 21.1 Å². The highest BCUT2D eigenvalue weighted by Gasteiger charge is 1.87. The fourth-order valence-corrected chi connectivity index (χ4v) is 0.887. The average Bonchev–Trinajstić information content (AvgIpc) is 1.67. The molecule has 0 saturated heterocycles. The Labute approximate surface area is 81.3 Å². The van der Waals surface area contributed by atoms with E-state index in [-0.39, 0.29) is 0 Å². The van der Waals surface area contributed by atoms with Crippen molar-refractivity contribution in [2.75, 3.05) is 0 Å². The van der Waals surface area contributed by atoms with Gasteiger partial charge in [0.25, 0.3) is 0 Å². The van der Waals surface area contributed by atoms with Gasteiger partial charge >= 0.3 is 0 Å². The van der Waals surface area contributed by atoms with Crippen molar-refractivity contribution in [3.8, 4) is 0 Å². The fraction of sp³-hybridized carbons (Fsp3) is 0.333. The van der Waals surface area contributed by atoms with Gasteiger partial charge in [-0.2, -0.15) is 0 Å². The van der Waals surface area contributed by atoms with Crippen LogP contribution in [0.5, 0.6) is 0 Å². The maximum Gasteiger partial charge on any atom is 0.133 e. The molecule has 0 aromatic carbocycles. The molecule has 0 spiro atoms. The zero-order chi connectivity index (χ0) is 6.57. The lowest BCUT2D eigenvalue weighted by Gasteiger charge is -1.85. The molecule has 0 bridgehead atoms. The number of thiol groups is 1. The molecule has 0 atom stereocenters. The van der Waals surface area contributed by atoms with Gasteiger partial charge < -0.3 is 0 Å². The van der Waals surface area contributed by atoms with Crippen molar-refractivity contribution < 1.29 is 0 Å². The molecule has 0 aliphatic carbocycles. The van der Waals surface area contributed by atoms with Crippen LogP contribution in [-0.2, 0) is 0 Å². The van der Waals surface area contributed by atoms with Gasteiger partial charge in [-0.1, -0.05) is 0 Å². The molecular formula is C3H4I2N2S. The summed E-state index contributed by atoms with van der Waals surface area (Å²) < 4.78 is 4.37. The molecule has 8 heavy (non-hydrogen) atoms. The van der Waals surface area contributed by atoms with Crippen molar-refractivity contribution in [1.82, 2.24) is 0 Å². The highest BCUT2D eigenvalue weighted by molar-refractivity contribution is 14.1. The lowest BCUT2D eigenvalue weighted by atomic mass is 10.7. The Balaban J connectivity index is 4.00. The van der Waals surface area contributed by atoms with Crippen LogP contribution in [0, 0.1) is 0 Å². The number of rotatable bonds is 1. The van der Waals surface area contributed by atoms with Crippen molar-refractivity contribution >= 4 is 58.1 Å². The number of allylic oxidation sites excluding steroid dienone is 1. The van der Waals surface area contributed by atoms with Crippen LogP contribution in [0.25, 0.3) is 0 Å². The lowest BCUT2D eigenvalue weighted by molar-refractivity contribution is 1.34. The highest BCUT2D eigenvalue weighted by Crippen LogP contribution is 2.17. The number of halogens is 2. The van der Waals surface area contributed by atoms with Crippen LogP contribution in [0.4, 0.5) is 0 Å². The summed E-state index contributed by atoms with van der Waals surface area (Å²) in [6.45, 7) is 1.87. The van der Waals surface area contributed by atoms with E-state index >= 15 is 0 Å². The van der Waals surface area contributed by atoms with Gasteiger partial charge in [-0.25, -0.2) is 0 Å². The zero-order valence-corrected chi connectivity index (χ0v) is 9.31. The highest BCUT2D eigenvalue weighted by atomic mass is 127. The third-order valence-corrected chi connectivity index (χ3v) is 2.30. The van der Waals surface area contributed by atoms with Gasteiger partial charge in [0.05, 0.1) is 0 Å². The van der Waals surface area contributed by atoms with Gasteiger partial charge in [-0.3, -0.25) is 0 Å². The largest absolute Gasteiger partial charge is 0.145 e. The predicted octanol–water partition coefficient (Wildman–Crippen LogP) is 3.34. The normalized spacial score (nSPS) is 14.5. The van der Waals surface area contributed by atoms with Crippen molar-refractivity contribution in [2.24, 2.45) is 8.44 Å². The number of nitrogens with zero attached hydrogens (tertiary/aromatic N) is 2. The Bertz CT molecular complexity index is 127. The maximum absolute atomic E-state index is 4.04. The Kier molecular flexibility index (Phi) is 5.69. The third kappa shape index (κ3) is 4.07. The molecule has 0 aliphatic rings. The van der Waals surface area contributed by atoms with Crippen LogP contribution < -0.4 is 0 Å². The Morgan fingerprint density at radius 1 is 1.62 bits per heavy atom. The summed E-state index contributed by atoms with van der Waals surface area (Å²) in [5.74, 6) is 0. The first-order chi connectivity index (χ1) is 3.68. The minimum atomic E-state index is 0.834. The standard InChI is InChI=1S/C3H4I2N2S/c1-2(8)3(4)6-7-5/h8H,1H3/b3-2-,7-6-. The van der Waals surface area contributed by atoms with Crippen LogP contribution in [0.1, 0.15) is 6.92 Å². The summed E-state index contributed by atoms with van der Waals surface area (Å²) in [6.07, 6.45) is 0. The van der Waals surface area contributed by atoms with Gasteiger partial charge in [0.15, 0.2) is 0 Å². The first-order valence-electron chi connectivity index (χ1n) is 1.76. The van der Waals surface area contributed by atoms with Crippen molar-refractivity contribution in [1.29, 1.82) is 0 Å². The first kappa shape index (κ1) is 9.15. The van der Waals surface area contributed by atoms with E-state index in [2.05, 4.69) is 43.7 Å². The lowest BCUT2D eigenvalue weighted by Crippen LogP contribution is -1.61. The average molecular weight is 354 g/mol. The minimum Gasteiger partial charge on any atom is -0.145 e.